The number of hydrogen-bond donors (Lipinski definition) is 1. The van der Waals surface area contributed by atoms with Crippen LogP contribution in [0.3, 0.4) is 0 Å². The molecule has 0 amide bonds. The molecule has 3 nitrogen and oxygen atoms in total. The van der Waals surface area contributed by atoms with Crippen LogP contribution >= 0.6 is 11.6 Å². The normalized spacial score (nSPS) is 10.3. The number of benzene rings is 1. The van der Waals surface area contributed by atoms with Gasteiger partial charge in [-0.05, 0) is 43.2 Å². The predicted octanol–water partition coefficient (Wildman–Crippen LogP) is 3.73. The maximum atomic E-state index is 5.77. The molecular weight excluding hydrogens is 236 g/mol. The molecule has 1 heterocycles. The van der Waals surface area contributed by atoms with Crippen molar-refractivity contribution in [3.05, 3.63) is 46.6 Å². The summed E-state index contributed by atoms with van der Waals surface area (Å²) in [5.41, 5.74) is 8.57. The van der Waals surface area contributed by atoms with E-state index in [9.17, 15) is 0 Å². The Morgan fingerprint density at radius 3 is 2.59 bits per heavy atom. The third kappa shape index (κ3) is 2.68. The number of nitrogen functional groups attached to an aromatic ring is 1. The van der Waals surface area contributed by atoms with Gasteiger partial charge in [0, 0.05) is 6.20 Å². The molecule has 0 bridgehead atoms. The molecule has 0 saturated carbocycles. The Morgan fingerprint density at radius 1 is 1.18 bits per heavy atom. The zero-order valence-electron chi connectivity index (χ0n) is 9.70. The van der Waals surface area contributed by atoms with E-state index < -0.39 is 0 Å². The van der Waals surface area contributed by atoms with Crippen LogP contribution in [-0.4, -0.2) is 4.98 Å². The molecule has 0 atom stereocenters. The van der Waals surface area contributed by atoms with Gasteiger partial charge >= 0.3 is 0 Å². The van der Waals surface area contributed by atoms with Crippen LogP contribution in [0.25, 0.3) is 0 Å². The summed E-state index contributed by atoms with van der Waals surface area (Å²) >= 11 is 5.77. The van der Waals surface area contributed by atoms with Crippen molar-refractivity contribution in [1.29, 1.82) is 0 Å². The van der Waals surface area contributed by atoms with Gasteiger partial charge < -0.3 is 10.5 Å². The van der Waals surface area contributed by atoms with Crippen molar-refractivity contribution in [2.75, 3.05) is 5.73 Å². The molecule has 0 unspecified atom stereocenters. The number of ether oxygens (including phenoxy) is 1. The molecule has 2 rings (SSSR count). The van der Waals surface area contributed by atoms with Gasteiger partial charge in [-0.1, -0.05) is 17.7 Å². The van der Waals surface area contributed by atoms with Crippen molar-refractivity contribution in [2.24, 2.45) is 0 Å². The van der Waals surface area contributed by atoms with Crippen molar-refractivity contribution >= 4 is 17.3 Å². The van der Waals surface area contributed by atoms with E-state index in [2.05, 4.69) is 4.98 Å². The Bertz CT molecular complexity index is 555. The highest BCUT2D eigenvalue weighted by molar-refractivity contribution is 6.30. The van der Waals surface area contributed by atoms with E-state index in [4.69, 9.17) is 22.1 Å². The van der Waals surface area contributed by atoms with Gasteiger partial charge in [-0.25, -0.2) is 4.98 Å². The smallest absolute Gasteiger partial charge is 0.242 e. The molecule has 0 aliphatic heterocycles. The highest BCUT2D eigenvalue weighted by atomic mass is 35.5. The zero-order valence-corrected chi connectivity index (χ0v) is 10.5. The number of aromatic nitrogens is 1. The van der Waals surface area contributed by atoms with E-state index in [1.54, 1.807) is 6.07 Å². The Morgan fingerprint density at radius 2 is 1.94 bits per heavy atom. The summed E-state index contributed by atoms with van der Waals surface area (Å²) in [6.45, 7) is 4.08. The zero-order chi connectivity index (χ0) is 12.4. The number of nitrogens with zero attached hydrogens (tertiary/aromatic N) is 1. The summed E-state index contributed by atoms with van der Waals surface area (Å²) in [7, 11) is 0. The number of hydrogen-bond acceptors (Lipinski definition) is 3. The average molecular weight is 249 g/mol. The Balaban J connectivity index is 2.28. The maximum absolute atomic E-state index is 5.77. The molecule has 2 aromatic rings. The lowest BCUT2D eigenvalue weighted by atomic mass is 10.1. The lowest BCUT2D eigenvalue weighted by Crippen LogP contribution is -1.95. The lowest BCUT2D eigenvalue weighted by Gasteiger charge is -2.09. The first-order valence-electron chi connectivity index (χ1n) is 5.22. The molecule has 0 saturated heterocycles. The van der Waals surface area contributed by atoms with Gasteiger partial charge in [0.1, 0.15) is 5.75 Å². The molecule has 1 aromatic carbocycles. The molecule has 0 aliphatic rings. The fourth-order valence-corrected chi connectivity index (χ4v) is 1.58. The maximum Gasteiger partial charge on any atom is 0.242 e. The van der Waals surface area contributed by atoms with E-state index >= 15 is 0 Å². The van der Waals surface area contributed by atoms with Gasteiger partial charge in [0.2, 0.25) is 5.88 Å². The first kappa shape index (κ1) is 11.7. The molecular formula is C13H13ClN2O. The Hall–Kier alpha value is -1.74. The third-order valence-electron chi connectivity index (χ3n) is 2.54. The van der Waals surface area contributed by atoms with Crippen LogP contribution in [0.1, 0.15) is 11.1 Å². The van der Waals surface area contributed by atoms with Gasteiger partial charge in [-0.2, -0.15) is 0 Å². The quantitative estimate of drug-likeness (QED) is 0.881. The SMILES string of the molecule is Cc1ccc(Oc2ncc(Cl)cc2N)cc1C. The topological polar surface area (TPSA) is 48.1 Å². The Labute approximate surface area is 105 Å². The van der Waals surface area contributed by atoms with Crippen LogP contribution in [0.5, 0.6) is 11.6 Å². The number of rotatable bonds is 2. The minimum Gasteiger partial charge on any atom is -0.437 e. The molecule has 17 heavy (non-hydrogen) atoms. The lowest BCUT2D eigenvalue weighted by molar-refractivity contribution is 0.465. The number of aryl methyl sites for hydroxylation is 2. The van der Waals surface area contributed by atoms with E-state index in [0.29, 0.717) is 16.6 Å². The summed E-state index contributed by atoms with van der Waals surface area (Å²) in [6, 6.07) is 7.45. The average Bonchev–Trinajstić information content (AvgIpc) is 2.27. The van der Waals surface area contributed by atoms with E-state index in [1.807, 2.05) is 32.0 Å². The van der Waals surface area contributed by atoms with Crippen LogP contribution in [0.15, 0.2) is 30.5 Å². The third-order valence-corrected chi connectivity index (χ3v) is 2.75. The van der Waals surface area contributed by atoms with Crippen LogP contribution in [0.2, 0.25) is 5.02 Å². The highest BCUT2D eigenvalue weighted by Crippen LogP contribution is 2.27. The van der Waals surface area contributed by atoms with Gasteiger partial charge in [0.15, 0.2) is 0 Å². The molecule has 4 heteroatoms. The van der Waals surface area contributed by atoms with Gasteiger partial charge in [0.05, 0.1) is 10.7 Å². The van der Waals surface area contributed by atoms with Crippen molar-refractivity contribution in [3.63, 3.8) is 0 Å². The molecule has 0 aliphatic carbocycles. The molecule has 0 radical (unpaired) electrons. The van der Waals surface area contributed by atoms with Crippen LogP contribution in [0, 0.1) is 13.8 Å². The van der Waals surface area contributed by atoms with Crippen molar-refractivity contribution < 1.29 is 4.74 Å². The second-order valence-corrected chi connectivity index (χ2v) is 4.33. The molecule has 0 fully saturated rings. The first-order chi connectivity index (χ1) is 8.06. The monoisotopic (exact) mass is 248 g/mol. The summed E-state index contributed by atoms with van der Waals surface area (Å²) in [6.07, 6.45) is 1.51. The first-order valence-corrected chi connectivity index (χ1v) is 5.60. The minimum atomic E-state index is 0.373. The Kier molecular flexibility index (Phi) is 3.20. The molecule has 88 valence electrons. The minimum absolute atomic E-state index is 0.373. The summed E-state index contributed by atoms with van der Waals surface area (Å²) in [5.74, 6) is 1.09. The van der Waals surface area contributed by atoms with E-state index in [0.717, 1.165) is 11.3 Å². The fraction of sp³-hybridized carbons (Fsp3) is 0.154. The standard InChI is InChI=1S/C13H13ClN2O/c1-8-3-4-11(5-9(8)2)17-13-12(15)6-10(14)7-16-13/h3-7H,15H2,1-2H3. The van der Waals surface area contributed by atoms with Crippen molar-refractivity contribution in [2.45, 2.75) is 13.8 Å². The second kappa shape index (κ2) is 4.63. The van der Waals surface area contributed by atoms with Crippen LogP contribution < -0.4 is 10.5 Å². The summed E-state index contributed by atoms with van der Waals surface area (Å²) in [4.78, 5) is 4.05. The van der Waals surface area contributed by atoms with E-state index in [1.165, 1.54) is 11.8 Å². The molecule has 0 spiro atoms. The summed E-state index contributed by atoms with van der Waals surface area (Å²) < 4.78 is 5.61. The van der Waals surface area contributed by atoms with Crippen molar-refractivity contribution in [3.8, 4) is 11.6 Å². The van der Waals surface area contributed by atoms with Gasteiger partial charge in [0.25, 0.3) is 0 Å². The number of anilines is 1. The van der Waals surface area contributed by atoms with Crippen molar-refractivity contribution in [1.82, 2.24) is 4.98 Å². The fourth-order valence-electron chi connectivity index (χ4n) is 1.42. The largest absolute Gasteiger partial charge is 0.437 e. The van der Waals surface area contributed by atoms with Crippen LogP contribution in [0.4, 0.5) is 5.69 Å². The summed E-state index contributed by atoms with van der Waals surface area (Å²) in [5, 5.41) is 0.495. The highest BCUT2D eigenvalue weighted by Gasteiger charge is 2.05. The second-order valence-electron chi connectivity index (χ2n) is 3.90. The number of pyridine rings is 1. The van der Waals surface area contributed by atoms with E-state index in [-0.39, 0.29) is 0 Å². The van der Waals surface area contributed by atoms with Gasteiger partial charge in [-0.3, -0.25) is 0 Å². The van der Waals surface area contributed by atoms with Gasteiger partial charge in [-0.15, -0.1) is 0 Å². The number of halogens is 1. The van der Waals surface area contributed by atoms with Crippen LogP contribution in [-0.2, 0) is 0 Å². The molecule has 2 N–H and O–H groups in total. The number of nitrogens with two attached hydrogens (primary N) is 1. The predicted molar refractivity (Wildman–Crippen MR) is 69.6 cm³/mol. The molecule has 1 aromatic heterocycles.